The van der Waals surface area contributed by atoms with Crippen molar-refractivity contribution in [2.24, 2.45) is 5.92 Å². The Morgan fingerprint density at radius 1 is 1.57 bits per heavy atom. The lowest BCUT2D eigenvalue weighted by Gasteiger charge is -2.18. The number of hydrogen-bond donors (Lipinski definition) is 1. The topological polar surface area (TPSA) is 51.2 Å². The lowest BCUT2D eigenvalue weighted by atomic mass is 10.1. The molecule has 0 radical (unpaired) electrons. The Morgan fingerprint density at radius 3 is 3.10 bits per heavy atom. The van der Waals surface area contributed by atoms with Gasteiger partial charge in [0.05, 0.1) is 18.6 Å². The number of thiazole rings is 1. The molecule has 3 rings (SSSR count). The van der Waals surface area contributed by atoms with Crippen molar-refractivity contribution in [1.82, 2.24) is 10.3 Å². The molecule has 1 fully saturated rings. The van der Waals surface area contributed by atoms with Gasteiger partial charge in [0.2, 0.25) is 5.91 Å². The van der Waals surface area contributed by atoms with E-state index in [1.807, 2.05) is 18.4 Å². The fourth-order valence-corrected chi connectivity index (χ4v) is 3.99. The van der Waals surface area contributed by atoms with Crippen molar-refractivity contribution in [3.63, 3.8) is 0 Å². The molecule has 3 heterocycles. The van der Waals surface area contributed by atoms with Crippen LogP contribution >= 0.6 is 22.7 Å². The maximum Gasteiger partial charge on any atom is 0.226 e. The molecule has 0 spiro atoms. The van der Waals surface area contributed by atoms with Crippen LogP contribution in [0, 0.1) is 12.8 Å². The molecule has 0 aliphatic carbocycles. The van der Waals surface area contributed by atoms with E-state index in [1.165, 1.54) is 4.88 Å². The van der Waals surface area contributed by atoms with Crippen molar-refractivity contribution in [1.29, 1.82) is 0 Å². The van der Waals surface area contributed by atoms with E-state index in [9.17, 15) is 4.79 Å². The number of aryl methyl sites for hydroxylation is 1. The van der Waals surface area contributed by atoms with Crippen LogP contribution in [0.25, 0.3) is 0 Å². The summed E-state index contributed by atoms with van der Waals surface area (Å²) in [5.74, 6) is 0.0683. The van der Waals surface area contributed by atoms with Crippen LogP contribution in [-0.4, -0.2) is 24.1 Å². The molecule has 4 nitrogen and oxygen atoms in total. The van der Waals surface area contributed by atoms with Crippen molar-refractivity contribution in [2.45, 2.75) is 25.8 Å². The quantitative estimate of drug-likeness (QED) is 0.921. The SMILES string of the molecule is Cc1csc([C@@H](Cc2cccs2)NC(=O)[C@H]2CCOC2)n1. The molecule has 1 aliphatic heterocycles. The van der Waals surface area contributed by atoms with Crippen molar-refractivity contribution in [3.05, 3.63) is 38.5 Å². The maximum absolute atomic E-state index is 12.4. The van der Waals surface area contributed by atoms with Gasteiger partial charge in [-0.15, -0.1) is 22.7 Å². The summed E-state index contributed by atoms with van der Waals surface area (Å²) in [5.41, 5.74) is 1.00. The molecule has 0 unspecified atom stereocenters. The van der Waals surface area contributed by atoms with Gasteiger partial charge in [-0.2, -0.15) is 0 Å². The Labute approximate surface area is 132 Å². The zero-order valence-corrected chi connectivity index (χ0v) is 13.5. The molecule has 1 N–H and O–H groups in total. The zero-order chi connectivity index (χ0) is 14.7. The first kappa shape index (κ1) is 14.7. The lowest BCUT2D eigenvalue weighted by molar-refractivity contribution is -0.125. The minimum Gasteiger partial charge on any atom is -0.381 e. The summed E-state index contributed by atoms with van der Waals surface area (Å²) in [6.07, 6.45) is 1.61. The van der Waals surface area contributed by atoms with Gasteiger partial charge in [-0.1, -0.05) is 6.07 Å². The Morgan fingerprint density at radius 2 is 2.48 bits per heavy atom. The Hall–Kier alpha value is -1.24. The van der Waals surface area contributed by atoms with E-state index in [-0.39, 0.29) is 17.9 Å². The van der Waals surface area contributed by atoms with Gasteiger partial charge in [0.1, 0.15) is 5.01 Å². The van der Waals surface area contributed by atoms with E-state index in [0.29, 0.717) is 13.2 Å². The van der Waals surface area contributed by atoms with Gasteiger partial charge in [-0.3, -0.25) is 4.79 Å². The minimum atomic E-state index is -0.0459. The number of rotatable bonds is 5. The van der Waals surface area contributed by atoms with Crippen LogP contribution in [0.15, 0.2) is 22.9 Å². The zero-order valence-electron chi connectivity index (χ0n) is 11.9. The monoisotopic (exact) mass is 322 g/mol. The standard InChI is InChI=1S/C15H18N2O2S2/c1-10-9-21-15(16-10)13(7-12-3-2-6-20-12)17-14(18)11-4-5-19-8-11/h2-3,6,9,11,13H,4-5,7-8H2,1H3,(H,17,18)/t11-,13+/m0/s1. The van der Waals surface area contributed by atoms with Crippen molar-refractivity contribution in [3.8, 4) is 0 Å². The third kappa shape index (κ3) is 3.70. The van der Waals surface area contributed by atoms with E-state index >= 15 is 0 Å². The molecule has 0 aromatic carbocycles. The summed E-state index contributed by atoms with van der Waals surface area (Å²) in [6.45, 7) is 3.20. The molecule has 2 aromatic heterocycles. The summed E-state index contributed by atoms with van der Waals surface area (Å²) in [5, 5.41) is 8.23. The van der Waals surface area contributed by atoms with Crippen LogP contribution in [-0.2, 0) is 16.0 Å². The highest BCUT2D eigenvalue weighted by molar-refractivity contribution is 7.10. The maximum atomic E-state index is 12.4. The molecule has 112 valence electrons. The highest BCUT2D eigenvalue weighted by Crippen LogP contribution is 2.25. The highest BCUT2D eigenvalue weighted by atomic mass is 32.1. The smallest absolute Gasteiger partial charge is 0.226 e. The summed E-state index contributed by atoms with van der Waals surface area (Å²) < 4.78 is 5.30. The van der Waals surface area contributed by atoms with Gasteiger partial charge in [0.25, 0.3) is 0 Å². The molecule has 1 saturated heterocycles. The van der Waals surface area contributed by atoms with Crippen molar-refractivity contribution >= 4 is 28.6 Å². The number of thiophene rings is 1. The molecule has 1 aliphatic rings. The van der Waals surface area contributed by atoms with Crippen LogP contribution in [0.1, 0.15) is 28.0 Å². The number of nitrogens with one attached hydrogen (secondary N) is 1. The van der Waals surface area contributed by atoms with Crippen LogP contribution in [0.4, 0.5) is 0 Å². The normalized spacial score (nSPS) is 19.6. The molecular formula is C15H18N2O2S2. The second-order valence-corrected chi connectivity index (χ2v) is 7.15. The first-order valence-corrected chi connectivity index (χ1v) is 8.81. The number of carbonyl (C=O) groups is 1. The molecular weight excluding hydrogens is 304 g/mol. The van der Waals surface area contributed by atoms with E-state index in [4.69, 9.17) is 4.74 Å². The molecule has 1 amide bonds. The van der Waals surface area contributed by atoms with Gasteiger partial charge in [-0.25, -0.2) is 4.98 Å². The number of nitrogens with zero attached hydrogens (tertiary/aromatic N) is 1. The predicted octanol–water partition coefficient (Wildman–Crippen LogP) is 2.95. The second-order valence-electron chi connectivity index (χ2n) is 5.23. The number of carbonyl (C=O) groups excluding carboxylic acids is 1. The van der Waals surface area contributed by atoms with E-state index in [1.54, 1.807) is 22.7 Å². The number of ether oxygens (including phenoxy) is 1. The van der Waals surface area contributed by atoms with Crippen LogP contribution in [0.5, 0.6) is 0 Å². The Bertz CT molecular complexity index is 589. The van der Waals surface area contributed by atoms with Gasteiger partial charge in [0.15, 0.2) is 0 Å². The average Bonchev–Trinajstić information content (AvgIpc) is 3.20. The average molecular weight is 322 g/mol. The first-order chi connectivity index (χ1) is 10.2. The molecule has 0 bridgehead atoms. The third-order valence-electron chi connectivity index (χ3n) is 3.54. The Kier molecular flexibility index (Phi) is 4.67. The fraction of sp³-hybridized carbons (Fsp3) is 0.467. The second kappa shape index (κ2) is 6.68. The van der Waals surface area contributed by atoms with Gasteiger partial charge < -0.3 is 10.1 Å². The highest BCUT2D eigenvalue weighted by Gasteiger charge is 2.27. The van der Waals surface area contributed by atoms with Gasteiger partial charge >= 0.3 is 0 Å². The molecule has 2 atom stereocenters. The van der Waals surface area contributed by atoms with Crippen LogP contribution in [0.2, 0.25) is 0 Å². The fourth-order valence-electron chi connectivity index (χ4n) is 2.39. The largest absolute Gasteiger partial charge is 0.381 e. The van der Waals surface area contributed by atoms with Crippen LogP contribution in [0.3, 0.4) is 0 Å². The lowest BCUT2D eigenvalue weighted by Crippen LogP contribution is -2.35. The number of amides is 1. The molecule has 2 aromatic rings. The number of hydrogen-bond acceptors (Lipinski definition) is 5. The van der Waals surface area contributed by atoms with E-state index < -0.39 is 0 Å². The van der Waals surface area contributed by atoms with Gasteiger partial charge in [-0.05, 0) is 24.8 Å². The van der Waals surface area contributed by atoms with Crippen molar-refractivity contribution in [2.75, 3.05) is 13.2 Å². The van der Waals surface area contributed by atoms with E-state index in [0.717, 1.165) is 23.5 Å². The number of aromatic nitrogens is 1. The Balaban J connectivity index is 1.73. The van der Waals surface area contributed by atoms with Crippen molar-refractivity contribution < 1.29 is 9.53 Å². The minimum absolute atomic E-state index is 0.0168. The van der Waals surface area contributed by atoms with E-state index in [2.05, 4.69) is 21.7 Å². The molecule has 6 heteroatoms. The summed E-state index contributed by atoms with van der Waals surface area (Å²) in [7, 11) is 0. The molecule has 0 saturated carbocycles. The summed E-state index contributed by atoms with van der Waals surface area (Å²) >= 11 is 3.32. The molecule has 21 heavy (non-hydrogen) atoms. The summed E-state index contributed by atoms with van der Waals surface area (Å²) in [4.78, 5) is 18.2. The first-order valence-electron chi connectivity index (χ1n) is 7.05. The van der Waals surface area contributed by atoms with Gasteiger partial charge in [0, 0.05) is 29.0 Å². The summed E-state index contributed by atoms with van der Waals surface area (Å²) in [6, 6.07) is 4.09. The predicted molar refractivity (Wildman–Crippen MR) is 84.7 cm³/mol. The van der Waals surface area contributed by atoms with Crippen LogP contribution < -0.4 is 5.32 Å². The third-order valence-corrected chi connectivity index (χ3v) is 5.51.